The van der Waals surface area contributed by atoms with Crippen LogP contribution >= 0.6 is 0 Å². The van der Waals surface area contributed by atoms with Crippen molar-refractivity contribution in [3.8, 4) is 0 Å². The van der Waals surface area contributed by atoms with Gasteiger partial charge in [-0.2, -0.15) is 0 Å². The summed E-state index contributed by atoms with van der Waals surface area (Å²) >= 11 is 0. The molecular formula is C11H19NO. The highest BCUT2D eigenvalue weighted by atomic mass is 16.1. The molecule has 0 aromatic carbocycles. The molecule has 0 aliphatic heterocycles. The molecule has 2 aliphatic carbocycles. The number of hydrogen-bond acceptors (Lipinski definition) is 2. The van der Waals surface area contributed by atoms with E-state index in [9.17, 15) is 4.79 Å². The van der Waals surface area contributed by atoms with Crippen LogP contribution < -0.4 is 5.73 Å². The first kappa shape index (κ1) is 9.20. The maximum Gasteiger partial charge on any atom is 0.140 e. The molecule has 2 heteroatoms. The fraction of sp³-hybridized carbons (Fsp3) is 0.909. The lowest BCUT2D eigenvalue weighted by Gasteiger charge is -2.41. The second kappa shape index (κ2) is 3.41. The van der Waals surface area contributed by atoms with Gasteiger partial charge in [-0.1, -0.05) is 25.7 Å². The molecule has 2 rings (SSSR count). The van der Waals surface area contributed by atoms with Crippen LogP contribution in [0.1, 0.15) is 44.9 Å². The molecule has 0 radical (unpaired) electrons. The number of nitrogens with two attached hydrogens (primary N) is 1. The van der Waals surface area contributed by atoms with Crippen LogP contribution in [0.25, 0.3) is 0 Å². The minimum absolute atomic E-state index is 0.0738. The first-order valence-electron chi connectivity index (χ1n) is 5.50. The standard InChI is InChI=1S/C11H19NO/c12-8-11(5-2-6-11)10(13)7-9-3-1-4-9/h9H,1-8,12H2. The number of carbonyl (C=O) groups is 1. The van der Waals surface area contributed by atoms with Crippen LogP contribution in [0.4, 0.5) is 0 Å². The molecule has 2 nitrogen and oxygen atoms in total. The summed E-state index contributed by atoms with van der Waals surface area (Å²) in [5.41, 5.74) is 5.61. The summed E-state index contributed by atoms with van der Waals surface area (Å²) in [6, 6.07) is 0. The molecule has 0 saturated heterocycles. The van der Waals surface area contributed by atoms with Gasteiger partial charge in [-0.15, -0.1) is 0 Å². The Morgan fingerprint density at radius 1 is 1.31 bits per heavy atom. The van der Waals surface area contributed by atoms with Crippen LogP contribution in [0, 0.1) is 11.3 Å². The normalized spacial score (nSPS) is 26.2. The highest BCUT2D eigenvalue weighted by molar-refractivity contribution is 5.86. The van der Waals surface area contributed by atoms with Crippen molar-refractivity contribution in [1.82, 2.24) is 0 Å². The Morgan fingerprint density at radius 3 is 2.31 bits per heavy atom. The van der Waals surface area contributed by atoms with E-state index in [1.807, 2.05) is 0 Å². The molecule has 2 saturated carbocycles. The van der Waals surface area contributed by atoms with Crippen LogP contribution in [0.3, 0.4) is 0 Å². The fourth-order valence-electron chi connectivity index (χ4n) is 2.38. The van der Waals surface area contributed by atoms with Crippen LogP contribution in [-0.4, -0.2) is 12.3 Å². The molecule has 2 N–H and O–H groups in total. The van der Waals surface area contributed by atoms with Crippen molar-refractivity contribution >= 4 is 5.78 Å². The zero-order chi connectivity index (χ0) is 9.31. The van der Waals surface area contributed by atoms with Crippen LogP contribution in [0.5, 0.6) is 0 Å². The SMILES string of the molecule is NCC1(C(=O)CC2CCC2)CCC1. The van der Waals surface area contributed by atoms with E-state index in [0.717, 1.165) is 19.3 Å². The molecule has 0 amide bonds. The lowest BCUT2D eigenvalue weighted by Crippen LogP contribution is -2.45. The zero-order valence-electron chi connectivity index (χ0n) is 8.22. The summed E-state index contributed by atoms with van der Waals surface area (Å²) in [5, 5.41) is 0. The predicted molar refractivity (Wildman–Crippen MR) is 52.3 cm³/mol. The summed E-state index contributed by atoms with van der Waals surface area (Å²) in [6.07, 6.45) is 7.99. The monoisotopic (exact) mass is 181 g/mol. The van der Waals surface area contributed by atoms with E-state index < -0.39 is 0 Å². The first-order chi connectivity index (χ1) is 6.27. The Labute approximate surface area is 79.9 Å². The summed E-state index contributed by atoms with van der Waals surface area (Å²) < 4.78 is 0. The van der Waals surface area contributed by atoms with E-state index in [4.69, 9.17) is 5.73 Å². The second-order valence-electron chi connectivity index (χ2n) is 4.76. The Balaban J connectivity index is 1.87. The summed E-state index contributed by atoms with van der Waals surface area (Å²) in [7, 11) is 0. The largest absolute Gasteiger partial charge is 0.329 e. The van der Waals surface area contributed by atoms with Crippen molar-refractivity contribution in [2.75, 3.05) is 6.54 Å². The highest BCUT2D eigenvalue weighted by Gasteiger charge is 2.43. The van der Waals surface area contributed by atoms with Crippen molar-refractivity contribution < 1.29 is 4.79 Å². The molecule has 0 aromatic rings. The van der Waals surface area contributed by atoms with Gasteiger partial charge < -0.3 is 5.73 Å². The Bertz CT molecular complexity index is 199. The molecule has 0 unspecified atom stereocenters. The molecule has 13 heavy (non-hydrogen) atoms. The van der Waals surface area contributed by atoms with Gasteiger partial charge in [-0.05, 0) is 18.8 Å². The summed E-state index contributed by atoms with van der Waals surface area (Å²) in [6.45, 7) is 0.582. The molecule has 0 aromatic heterocycles. The Hall–Kier alpha value is -0.370. The molecule has 0 bridgehead atoms. The van der Waals surface area contributed by atoms with E-state index in [-0.39, 0.29) is 5.41 Å². The number of Topliss-reactive ketones (excluding diaryl/α,β-unsaturated/α-hetero) is 1. The van der Waals surface area contributed by atoms with Crippen molar-refractivity contribution in [3.05, 3.63) is 0 Å². The predicted octanol–water partition coefficient (Wildman–Crippen LogP) is 1.87. The van der Waals surface area contributed by atoms with Gasteiger partial charge in [0.1, 0.15) is 5.78 Å². The third kappa shape index (κ3) is 1.52. The minimum atomic E-state index is -0.0738. The molecule has 0 heterocycles. The summed E-state index contributed by atoms with van der Waals surface area (Å²) in [5.74, 6) is 1.17. The van der Waals surface area contributed by atoms with Crippen molar-refractivity contribution in [2.24, 2.45) is 17.1 Å². The summed E-state index contributed by atoms with van der Waals surface area (Å²) in [4.78, 5) is 11.9. The van der Waals surface area contributed by atoms with Gasteiger partial charge in [0, 0.05) is 18.4 Å². The first-order valence-corrected chi connectivity index (χ1v) is 5.50. The molecule has 74 valence electrons. The average molecular weight is 181 g/mol. The van der Waals surface area contributed by atoms with Gasteiger partial charge in [0.05, 0.1) is 0 Å². The van der Waals surface area contributed by atoms with Gasteiger partial charge >= 0.3 is 0 Å². The zero-order valence-corrected chi connectivity index (χ0v) is 8.22. The van der Waals surface area contributed by atoms with Crippen LogP contribution in [0.15, 0.2) is 0 Å². The lowest BCUT2D eigenvalue weighted by atomic mass is 9.63. The van der Waals surface area contributed by atoms with E-state index in [1.165, 1.54) is 25.7 Å². The Kier molecular flexibility index (Phi) is 2.41. The van der Waals surface area contributed by atoms with Gasteiger partial charge in [-0.3, -0.25) is 4.79 Å². The van der Waals surface area contributed by atoms with E-state index in [0.29, 0.717) is 18.2 Å². The van der Waals surface area contributed by atoms with E-state index in [2.05, 4.69) is 0 Å². The maximum atomic E-state index is 11.9. The second-order valence-corrected chi connectivity index (χ2v) is 4.76. The van der Waals surface area contributed by atoms with Gasteiger partial charge in [0.2, 0.25) is 0 Å². The number of ketones is 1. The van der Waals surface area contributed by atoms with Crippen molar-refractivity contribution in [1.29, 1.82) is 0 Å². The third-order valence-electron chi connectivity index (χ3n) is 3.99. The van der Waals surface area contributed by atoms with Crippen molar-refractivity contribution in [2.45, 2.75) is 44.9 Å². The Morgan fingerprint density at radius 2 is 2.00 bits per heavy atom. The van der Waals surface area contributed by atoms with E-state index >= 15 is 0 Å². The average Bonchev–Trinajstić information content (AvgIpc) is 1.96. The third-order valence-corrected chi connectivity index (χ3v) is 3.99. The molecule has 2 fully saturated rings. The van der Waals surface area contributed by atoms with E-state index in [1.54, 1.807) is 0 Å². The number of rotatable bonds is 4. The lowest BCUT2D eigenvalue weighted by molar-refractivity contribution is -0.134. The molecule has 0 spiro atoms. The topological polar surface area (TPSA) is 43.1 Å². The van der Waals surface area contributed by atoms with Crippen molar-refractivity contribution in [3.63, 3.8) is 0 Å². The fourth-order valence-corrected chi connectivity index (χ4v) is 2.38. The minimum Gasteiger partial charge on any atom is -0.329 e. The smallest absolute Gasteiger partial charge is 0.140 e. The molecular weight excluding hydrogens is 162 g/mol. The molecule has 2 aliphatic rings. The maximum absolute atomic E-state index is 11.9. The van der Waals surface area contributed by atoms with Gasteiger partial charge in [0.25, 0.3) is 0 Å². The number of carbonyl (C=O) groups excluding carboxylic acids is 1. The highest BCUT2D eigenvalue weighted by Crippen LogP contribution is 2.43. The quantitative estimate of drug-likeness (QED) is 0.719. The van der Waals surface area contributed by atoms with Crippen LogP contribution in [-0.2, 0) is 4.79 Å². The number of hydrogen-bond donors (Lipinski definition) is 1. The van der Waals surface area contributed by atoms with Gasteiger partial charge in [-0.25, -0.2) is 0 Å². The van der Waals surface area contributed by atoms with Gasteiger partial charge in [0.15, 0.2) is 0 Å². The molecule has 0 atom stereocenters. The van der Waals surface area contributed by atoms with Crippen LogP contribution in [0.2, 0.25) is 0 Å².